The molecule has 0 aliphatic carbocycles. The van der Waals surface area contributed by atoms with Crippen LogP contribution in [0.4, 0.5) is 0 Å². The molecule has 0 bridgehead atoms. The Morgan fingerprint density at radius 1 is 0.929 bits per heavy atom. The molecule has 28 heavy (non-hydrogen) atoms. The van der Waals surface area contributed by atoms with Crippen molar-refractivity contribution < 1.29 is 9.47 Å². The number of hydrogen-bond donors (Lipinski definition) is 2. The zero-order valence-electron chi connectivity index (χ0n) is 18.1. The van der Waals surface area contributed by atoms with E-state index in [0.717, 1.165) is 64.2 Å². The normalized spacial score (nSPS) is 20.8. The second-order valence-corrected chi connectivity index (χ2v) is 7.84. The SMILES string of the molecule is CN=C(NCC1CCN(CCOC)CC1)NC1CCN(CCCOC)CC1.I. The predicted octanol–water partition coefficient (Wildman–Crippen LogP) is 1.63. The molecule has 2 saturated heterocycles. The second kappa shape index (κ2) is 15.6. The molecule has 8 heteroatoms. The number of aliphatic imine (C=N–C) groups is 1. The van der Waals surface area contributed by atoms with E-state index in [2.05, 4.69) is 25.4 Å². The van der Waals surface area contributed by atoms with Gasteiger partial charge in [-0.05, 0) is 51.1 Å². The number of guanidine groups is 1. The van der Waals surface area contributed by atoms with Gasteiger partial charge in [-0.3, -0.25) is 4.99 Å². The van der Waals surface area contributed by atoms with Crippen molar-refractivity contribution in [3.8, 4) is 0 Å². The fraction of sp³-hybridized carbons (Fsp3) is 0.950. The molecule has 2 fully saturated rings. The summed E-state index contributed by atoms with van der Waals surface area (Å²) in [5.41, 5.74) is 0. The Hall–Kier alpha value is -0.160. The molecule has 2 aliphatic heterocycles. The van der Waals surface area contributed by atoms with Crippen LogP contribution in [0, 0.1) is 5.92 Å². The van der Waals surface area contributed by atoms with Gasteiger partial charge >= 0.3 is 0 Å². The van der Waals surface area contributed by atoms with Crippen LogP contribution in [-0.2, 0) is 9.47 Å². The molecular formula is C20H42IN5O2. The highest BCUT2D eigenvalue weighted by Gasteiger charge is 2.21. The van der Waals surface area contributed by atoms with Gasteiger partial charge in [0.15, 0.2) is 5.96 Å². The van der Waals surface area contributed by atoms with Crippen molar-refractivity contribution in [3.63, 3.8) is 0 Å². The van der Waals surface area contributed by atoms with Crippen LogP contribution in [0.25, 0.3) is 0 Å². The minimum Gasteiger partial charge on any atom is -0.385 e. The van der Waals surface area contributed by atoms with Crippen LogP contribution in [0.3, 0.4) is 0 Å². The molecule has 0 unspecified atom stereocenters. The van der Waals surface area contributed by atoms with E-state index in [9.17, 15) is 0 Å². The van der Waals surface area contributed by atoms with Crippen molar-refractivity contribution in [1.82, 2.24) is 20.4 Å². The fourth-order valence-corrected chi connectivity index (χ4v) is 4.00. The monoisotopic (exact) mass is 511 g/mol. The van der Waals surface area contributed by atoms with Gasteiger partial charge in [-0.1, -0.05) is 0 Å². The van der Waals surface area contributed by atoms with Gasteiger partial charge in [-0.25, -0.2) is 0 Å². The topological polar surface area (TPSA) is 61.4 Å². The Morgan fingerprint density at radius 3 is 2.14 bits per heavy atom. The molecule has 0 radical (unpaired) electrons. The van der Waals surface area contributed by atoms with Crippen molar-refractivity contribution in [2.75, 3.05) is 80.3 Å². The summed E-state index contributed by atoms with van der Waals surface area (Å²) in [7, 11) is 5.43. The lowest BCUT2D eigenvalue weighted by Crippen LogP contribution is -2.50. The van der Waals surface area contributed by atoms with E-state index in [0.29, 0.717) is 6.04 Å². The molecule has 0 spiro atoms. The maximum absolute atomic E-state index is 5.18. The summed E-state index contributed by atoms with van der Waals surface area (Å²) < 4.78 is 10.3. The molecule has 0 aromatic carbocycles. The predicted molar refractivity (Wildman–Crippen MR) is 127 cm³/mol. The quantitative estimate of drug-likeness (QED) is 0.201. The molecule has 0 atom stereocenters. The van der Waals surface area contributed by atoms with Crippen LogP contribution < -0.4 is 10.6 Å². The third kappa shape index (κ3) is 10.0. The minimum absolute atomic E-state index is 0. The van der Waals surface area contributed by atoms with E-state index in [4.69, 9.17) is 9.47 Å². The van der Waals surface area contributed by atoms with Crippen LogP contribution in [0.1, 0.15) is 32.1 Å². The summed E-state index contributed by atoms with van der Waals surface area (Å²) >= 11 is 0. The van der Waals surface area contributed by atoms with E-state index in [-0.39, 0.29) is 24.0 Å². The largest absolute Gasteiger partial charge is 0.385 e. The number of likely N-dealkylation sites (tertiary alicyclic amines) is 2. The molecule has 0 amide bonds. The Balaban J connectivity index is 0.00000392. The van der Waals surface area contributed by atoms with Gasteiger partial charge in [-0.2, -0.15) is 0 Å². The van der Waals surface area contributed by atoms with Gasteiger partial charge in [0, 0.05) is 66.6 Å². The highest BCUT2D eigenvalue weighted by molar-refractivity contribution is 14.0. The average molecular weight is 511 g/mol. The first-order valence-corrected chi connectivity index (χ1v) is 10.6. The second-order valence-electron chi connectivity index (χ2n) is 7.84. The number of nitrogens with one attached hydrogen (secondary N) is 2. The van der Waals surface area contributed by atoms with Crippen molar-refractivity contribution >= 4 is 29.9 Å². The standard InChI is InChI=1S/C20H41N5O2.HI/c1-21-20(22-17-18-5-10-25(11-6-18)14-16-27-3)23-19-7-12-24(13-8-19)9-4-15-26-2;/h18-19H,4-17H2,1-3H3,(H2,21,22,23);1H. The molecule has 2 heterocycles. The van der Waals surface area contributed by atoms with Gasteiger partial charge < -0.3 is 29.9 Å². The number of piperidine rings is 2. The third-order valence-corrected chi connectivity index (χ3v) is 5.85. The zero-order valence-corrected chi connectivity index (χ0v) is 20.5. The van der Waals surface area contributed by atoms with Gasteiger partial charge in [0.2, 0.25) is 0 Å². The molecule has 0 saturated carbocycles. The molecule has 0 aromatic rings. The number of hydrogen-bond acceptors (Lipinski definition) is 5. The maximum Gasteiger partial charge on any atom is 0.191 e. The van der Waals surface area contributed by atoms with Crippen molar-refractivity contribution in [3.05, 3.63) is 0 Å². The van der Waals surface area contributed by atoms with E-state index in [1.54, 1.807) is 14.2 Å². The molecule has 0 aromatic heterocycles. The number of rotatable bonds is 10. The molecular weight excluding hydrogens is 469 g/mol. The smallest absolute Gasteiger partial charge is 0.191 e. The van der Waals surface area contributed by atoms with Crippen LogP contribution in [0.15, 0.2) is 4.99 Å². The van der Waals surface area contributed by atoms with Gasteiger partial charge in [0.05, 0.1) is 6.61 Å². The average Bonchev–Trinajstić information content (AvgIpc) is 2.71. The number of halogens is 1. The van der Waals surface area contributed by atoms with Crippen LogP contribution >= 0.6 is 24.0 Å². The van der Waals surface area contributed by atoms with Crippen molar-refractivity contribution in [2.45, 2.75) is 38.1 Å². The first-order valence-electron chi connectivity index (χ1n) is 10.6. The summed E-state index contributed by atoms with van der Waals surface area (Å²) in [5.74, 6) is 1.71. The van der Waals surface area contributed by atoms with E-state index < -0.39 is 0 Å². The van der Waals surface area contributed by atoms with Gasteiger partial charge in [0.25, 0.3) is 0 Å². The van der Waals surface area contributed by atoms with Crippen LogP contribution in [0.2, 0.25) is 0 Å². The number of nitrogens with zero attached hydrogens (tertiary/aromatic N) is 3. The van der Waals surface area contributed by atoms with E-state index in [1.807, 2.05) is 7.05 Å². The van der Waals surface area contributed by atoms with Gasteiger partial charge in [-0.15, -0.1) is 24.0 Å². The first kappa shape index (κ1) is 25.9. The molecule has 166 valence electrons. The highest BCUT2D eigenvalue weighted by atomic mass is 127. The Morgan fingerprint density at radius 2 is 1.54 bits per heavy atom. The van der Waals surface area contributed by atoms with Crippen LogP contribution in [0.5, 0.6) is 0 Å². The number of ether oxygens (including phenoxy) is 2. The maximum atomic E-state index is 5.18. The number of methoxy groups -OCH3 is 2. The minimum atomic E-state index is 0. The zero-order chi connectivity index (χ0) is 19.3. The molecule has 2 N–H and O–H groups in total. The van der Waals surface area contributed by atoms with Crippen molar-refractivity contribution in [2.24, 2.45) is 10.9 Å². The Bertz CT molecular complexity index is 411. The lowest BCUT2D eigenvalue weighted by molar-refractivity contribution is 0.120. The third-order valence-electron chi connectivity index (χ3n) is 5.85. The van der Waals surface area contributed by atoms with Crippen LogP contribution in [-0.4, -0.2) is 102 Å². The fourth-order valence-electron chi connectivity index (χ4n) is 4.00. The molecule has 2 rings (SSSR count). The van der Waals surface area contributed by atoms with Gasteiger partial charge in [0.1, 0.15) is 0 Å². The Kier molecular flexibility index (Phi) is 14.5. The lowest BCUT2D eigenvalue weighted by Gasteiger charge is -2.34. The van der Waals surface area contributed by atoms with E-state index >= 15 is 0 Å². The summed E-state index contributed by atoms with van der Waals surface area (Å²) in [4.78, 5) is 9.49. The summed E-state index contributed by atoms with van der Waals surface area (Å²) in [6, 6.07) is 0.533. The molecule has 7 nitrogen and oxygen atoms in total. The van der Waals surface area contributed by atoms with E-state index in [1.165, 1.54) is 38.8 Å². The van der Waals surface area contributed by atoms with Crippen molar-refractivity contribution in [1.29, 1.82) is 0 Å². The summed E-state index contributed by atoms with van der Waals surface area (Å²) in [6.45, 7) is 9.63. The molecule has 2 aliphatic rings. The summed E-state index contributed by atoms with van der Waals surface area (Å²) in [5, 5.41) is 7.19. The highest BCUT2D eigenvalue weighted by Crippen LogP contribution is 2.16. The lowest BCUT2D eigenvalue weighted by atomic mass is 9.97. The summed E-state index contributed by atoms with van der Waals surface area (Å²) in [6.07, 6.45) is 6.01. The Labute approximate surface area is 189 Å². The first-order chi connectivity index (χ1) is 13.2.